The van der Waals surface area contributed by atoms with Crippen LogP contribution >= 0.6 is 0 Å². The molecular weight excluding hydrogens is 303 g/mol. The molecule has 7 heteroatoms. The van der Waals surface area contributed by atoms with Gasteiger partial charge >= 0.3 is 5.97 Å². The SMILES string of the molecule is O=C1OC(c2ccccc2F)=NC1=Cc1ccc([N+](=O)[O-])cc1. The Morgan fingerprint density at radius 3 is 2.48 bits per heavy atom. The van der Waals surface area contributed by atoms with Gasteiger partial charge in [0.25, 0.3) is 5.69 Å². The highest BCUT2D eigenvalue weighted by atomic mass is 19.1. The van der Waals surface area contributed by atoms with E-state index in [1.54, 1.807) is 6.07 Å². The van der Waals surface area contributed by atoms with E-state index < -0.39 is 16.7 Å². The van der Waals surface area contributed by atoms with Crippen molar-refractivity contribution >= 4 is 23.6 Å². The first-order chi connectivity index (χ1) is 11.0. The first-order valence-electron chi connectivity index (χ1n) is 6.56. The van der Waals surface area contributed by atoms with E-state index in [-0.39, 0.29) is 22.8 Å². The largest absolute Gasteiger partial charge is 0.402 e. The summed E-state index contributed by atoms with van der Waals surface area (Å²) in [5.41, 5.74) is 0.572. The zero-order valence-electron chi connectivity index (χ0n) is 11.6. The lowest BCUT2D eigenvalue weighted by Gasteiger charge is -1.99. The minimum Gasteiger partial charge on any atom is -0.402 e. The number of carbonyl (C=O) groups excluding carboxylic acids is 1. The van der Waals surface area contributed by atoms with Crippen LogP contribution in [0.4, 0.5) is 10.1 Å². The van der Waals surface area contributed by atoms with Crippen LogP contribution in [-0.2, 0) is 9.53 Å². The molecule has 1 aliphatic heterocycles. The third kappa shape index (κ3) is 2.98. The van der Waals surface area contributed by atoms with Crippen molar-refractivity contribution in [3.05, 3.63) is 81.3 Å². The van der Waals surface area contributed by atoms with Gasteiger partial charge in [-0.3, -0.25) is 10.1 Å². The van der Waals surface area contributed by atoms with E-state index in [1.807, 2.05) is 0 Å². The fourth-order valence-corrected chi connectivity index (χ4v) is 2.01. The lowest BCUT2D eigenvalue weighted by atomic mass is 10.2. The Hall–Kier alpha value is -3.35. The van der Waals surface area contributed by atoms with E-state index in [0.29, 0.717) is 5.56 Å². The van der Waals surface area contributed by atoms with Gasteiger partial charge in [-0.2, -0.15) is 0 Å². The van der Waals surface area contributed by atoms with Crippen molar-refractivity contribution in [2.24, 2.45) is 4.99 Å². The molecular formula is C16H9FN2O4. The number of nitro benzene ring substituents is 1. The summed E-state index contributed by atoms with van der Waals surface area (Å²) >= 11 is 0. The maximum absolute atomic E-state index is 13.7. The molecule has 0 saturated heterocycles. The van der Waals surface area contributed by atoms with Crippen LogP contribution in [0.5, 0.6) is 0 Å². The van der Waals surface area contributed by atoms with Gasteiger partial charge in [-0.05, 0) is 35.9 Å². The molecule has 0 aromatic heterocycles. The van der Waals surface area contributed by atoms with E-state index in [2.05, 4.69) is 4.99 Å². The van der Waals surface area contributed by atoms with Crippen LogP contribution in [0.15, 0.2) is 59.2 Å². The maximum atomic E-state index is 13.7. The summed E-state index contributed by atoms with van der Waals surface area (Å²) < 4.78 is 18.7. The van der Waals surface area contributed by atoms with Crippen LogP contribution < -0.4 is 0 Å². The molecule has 0 radical (unpaired) electrons. The highest BCUT2D eigenvalue weighted by molar-refractivity contribution is 6.12. The van der Waals surface area contributed by atoms with Crippen LogP contribution in [0.2, 0.25) is 0 Å². The molecule has 3 rings (SSSR count). The number of benzene rings is 2. The monoisotopic (exact) mass is 312 g/mol. The minimum atomic E-state index is -0.707. The number of hydrogen-bond donors (Lipinski definition) is 0. The van der Waals surface area contributed by atoms with Crippen LogP contribution in [0.1, 0.15) is 11.1 Å². The van der Waals surface area contributed by atoms with Crippen LogP contribution in [0.3, 0.4) is 0 Å². The highest BCUT2D eigenvalue weighted by Gasteiger charge is 2.25. The number of nitrogens with zero attached hydrogens (tertiary/aromatic N) is 2. The zero-order chi connectivity index (χ0) is 16.4. The number of cyclic esters (lactones) is 1. The van der Waals surface area contributed by atoms with Crippen molar-refractivity contribution in [1.29, 1.82) is 0 Å². The van der Waals surface area contributed by atoms with Crippen LogP contribution in [0.25, 0.3) is 6.08 Å². The smallest absolute Gasteiger partial charge is 0.363 e. The molecule has 1 heterocycles. The Bertz CT molecular complexity index is 857. The van der Waals surface area contributed by atoms with E-state index >= 15 is 0 Å². The Morgan fingerprint density at radius 1 is 1.13 bits per heavy atom. The van der Waals surface area contributed by atoms with E-state index in [1.165, 1.54) is 48.5 Å². The molecule has 0 fully saturated rings. The molecule has 0 amide bonds. The number of carbonyl (C=O) groups is 1. The van der Waals surface area contributed by atoms with E-state index in [4.69, 9.17) is 4.74 Å². The molecule has 0 saturated carbocycles. The highest BCUT2D eigenvalue weighted by Crippen LogP contribution is 2.21. The number of ether oxygens (including phenoxy) is 1. The van der Waals surface area contributed by atoms with Gasteiger partial charge in [-0.25, -0.2) is 14.2 Å². The van der Waals surface area contributed by atoms with Gasteiger partial charge in [-0.1, -0.05) is 12.1 Å². The summed E-state index contributed by atoms with van der Waals surface area (Å²) in [4.78, 5) is 25.9. The molecule has 0 bridgehead atoms. The Kier molecular flexibility index (Phi) is 3.68. The lowest BCUT2D eigenvalue weighted by molar-refractivity contribution is -0.384. The molecule has 23 heavy (non-hydrogen) atoms. The molecule has 0 unspecified atom stereocenters. The summed E-state index contributed by atoms with van der Waals surface area (Å²) in [6.45, 7) is 0. The Morgan fingerprint density at radius 2 is 1.83 bits per heavy atom. The molecule has 0 aliphatic carbocycles. The Labute approximate surface area is 129 Å². The van der Waals surface area contributed by atoms with Gasteiger partial charge in [0.2, 0.25) is 5.90 Å². The van der Waals surface area contributed by atoms with Gasteiger partial charge in [0.1, 0.15) is 5.82 Å². The topological polar surface area (TPSA) is 81.8 Å². The second-order valence-electron chi connectivity index (χ2n) is 4.66. The van der Waals surface area contributed by atoms with Crippen molar-refractivity contribution in [1.82, 2.24) is 0 Å². The normalized spacial score (nSPS) is 15.4. The number of nitro groups is 1. The Balaban J connectivity index is 1.92. The summed E-state index contributed by atoms with van der Waals surface area (Å²) in [6.07, 6.45) is 1.42. The molecule has 2 aromatic rings. The summed E-state index contributed by atoms with van der Waals surface area (Å²) in [5, 5.41) is 10.6. The zero-order valence-corrected chi connectivity index (χ0v) is 11.6. The molecule has 114 valence electrons. The van der Waals surface area contributed by atoms with Gasteiger partial charge in [0.05, 0.1) is 10.5 Å². The number of rotatable bonds is 3. The number of halogens is 1. The van der Waals surface area contributed by atoms with E-state index in [0.717, 1.165) is 0 Å². The summed E-state index contributed by atoms with van der Waals surface area (Å²) in [7, 11) is 0. The third-order valence-corrected chi connectivity index (χ3v) is 3.13. The molecule has 1 aliphatic rings. The maximum Gasteiger partial charge on any atom is 0.363 e. The fourth-order valence-electron chi connectivity index (χ4n) is 2.01. The fraction of sp³-hybridized carbons (Fsp3) is 0. The van der Waals surface area contributed by atoms with Gasteiger partial charge in [0, 0.05) is 12.1 Å². The quantitative estimate of drug-likeness (QED) is 0.377. The standard InChI is InChI=1S/C16H9FN2O4/c17-13-4-2-1-3-12(13)15-18-14(16(20)23-15)9-10-5-7-11(8-6-10)19(21)22/h1-9H. The molecule has 2 aromatic carbocycles. The minimum absolute atomic E-state index is 0.00268. The molecule has 0 atom stereocenters. The molecule has 6 nitrogen and oxygen atoms in total. The predicted octanol–water partition coefficient (Wildman–Crippen LogP) is 3.08. The summed E-state index contributed by atoms with van der Waals surface area (Å²) in [6, 6.07) is 11.4. The average Bonchev–Trinajstić information content (AvgIpc) is 2.89. The second-order valence-corrected chi connectivity index (χ2v) is 4.66. The summed E-state index contributed by atoms with van der Waals surface area (Å²) in [5.74, 6) is -1.36. The lowest BCUT2D eigenvalue weighted by Crippen LogP contribution is -2.07. The first kappa shape index (κ1) is 14.6. The van der Waals surface area contributed by atoms with Crippen LogP contribution in [0, 0.1) is 15.9 Å². The van der Waals surface area contributed by atoms with Crippen molar-refractivity contribution in [2.75, 3.05) is 0 Å². The van der Waals surface area contributed by atoms with Crippen molar-refractivity contribution in [3.63, 3.8) is 0 Å². The predicted molar refractivity (Wildman–Crippen MR) is 80.1 cm³/mol. The molecule has 0 spiro atoms. The number of esters is 1. The van der Waals surface area contributed by atoms with E-state index in [9.17, 15) is 19.3 Å². The van der Waals surface area contributed by atoms with Crippen molar-refractivity contribution in [3.8, 4) is 0 Å². The van der Waals surface area contributed by atoms with Gasteiger partial charge < -0.3 is 4.74 Å². The first-order valence-corrected chi connectivity index (χ1v) is 6.56. The number of aliphatic imine (C=N–C) groups is 1. The van der Waals surface area contributed by atoms with Crippen molar-refractivity contribution < 1.29 is 18.8 Å². The third-order valence-electron chi connectivity index (χ3n) is 3.13. The average molecular weight is 312 g/mol. The van der Waals surface area contributed by atoms with Crippen LogP contribution in [-0.4, -0.2) is 16.8 Å². The van der Waals surface area contributed by atoms with Gasteiger partial charge in [-0.15, -0.1) is 0 Å². The molecule has 0 N–H and O–H groups in total. The van der Waals surface area contributed by atoms with Crippen molar-refractivity contribution in [2.45, 2.75) is 0 Å². The number of non-ortho nitro benzene ring substituents is 1. The second kappa shape index (κ2) is 5.80. The number of hydrogen-bond acceptors (Lipinski definition) is 5. The van der Waals surface area contributed by atoms with Gasteiger partial charge in [0.15, 0.2) is 5.70 Å².